The van der Waals surface area contributed by atoms with E-state index in [1.165, 1.54) is 29.2 Å². The molecule has 0 fully saturated rings. The number of nitro groups is 1. The summed E-state index contributed by atoms with van der Waals surface area (Å²) in [6.45, 7) is 0. The van der Waals surface area contributed by atoms with E-state index in [4.69, 9.17) is 0 Å². The zero-order valence-corrected chi connectivity index (χ0v) is 11.7. The highest BCUT2D eigenvalue weighted by molar-refractivity contribution is 6.04. The topological polar surface area (TPSA) is 116 Å². The van der Waals surface area contributed by atoms with Crippen LogP contribution in [0.15, 0.2) is 54.9 Å². The number of tetrazole rings is 1. The predicted molar refractivity (Wildman–Crippen MR) is 80.2 cm³/mol. The maximum absolute atomic E-state index is 12.3. The molecule has 0 bridgehead atoms. The van der Waals surface area contributed by atoms with Gasteiger partial charge in [0.05, 0.1) is 10.6 Å². The van der Waals surface area contributed by atoms with Crippen LogP contribution in [0, 0.1) is 10.1 Å². The number of carbonyl (C=O) groups is 1. The van der Waals surface area contributed by atoms with Crippen molar-refractivity contribution in [2.45, 2.75) is 0 Å². The van der Waals surface area contributed by atoms with Crippen molar-refractivity contribution in [3.8, 4) is 5.69 Å². The largest absolute Gasteiger partial charge is 0.322 e. The Balaban J connectivity index is 1.82. The minimum absolute atomic E-state index is 0.0924. The van der Waals surface area contributed by atoms with E-state index >= 15 is 0 Å². The van der Waals surface area contributed by atoms with Crippen molar-refractivity contribution in [2.24, 2.45) is 0 Å². The molecule has 0 atom stereocenters. The van der Waals surface area contributed by atoms with Crippen LogP contribution >= 0.6 is 0 Å². The van der Waals surface area contributed by atoms with E-state index in [9.17, 15) is 14.9 Å². The highest BCUT2D eigenvalue weighted by atomic mass is 16.6. The molecule has 0 unspecified atom stereocenters. The number of hydrogen-bond donors (Lipinski definition) is 1. The summed E-state index contributed by atoms with van der Waals surface area (Å²) in [5.74, 6) is -0.388. The van der Waals surface area contributed by atoms with Crippen molar-refractivity contribution in [3.05, 3.63) is 70.5 Å². The SMILES string of the molecule is O=C(Nc1cccc([N+](=O)[O-])c1)c1cccc(-n2cnnn2)c1. The van der Waals surface area contributed by atoms with Crippen LogP contribution in [-0.4, -0.2) is 31.0 Å². The third-order valence-corrected chi connectivity index (χ3v) is 3.04. The van der Waals surface area contributed by atoms with E-state index in [0.29, 0.717) is 16.9 Å². The number of amides is 1. The van der Waals surface area contributed by atoms with Gasteiger partial charge in [-0.05, 0) is 34.7 Å². The number of rotatable bonds is 4. The van der Waals surface area contributed by atoms with Gasteiger partial charge in [0.25, 0.3) is 11.6 Å². The van der Waals surface area contributed by atoms with Crippen molar-refractivity contribution < 1.29 is 9.72 Å². The second-order valence-electron chi connectivity index (χ2n) is 4.57. The standard InChI is InChI=1S/C14H10N6O3/c21-14(16-11-4-2-6-13(8-11)20(22)23)10-3-1-5-12(7-10)19-9-15-17-18-19/h1-9H,(H,16,21). The first-order chi connectivity index (χ1) is 11.1. The Labute approximate surface area is 129 Å². The number of hydrogen-bond acceptors (Lipinski definition) is 6. The maximum Gasteiger partial charge on any atom is 0.271 e. The van der Waals surface area contributed by atoms with Crippen LogP contribution < -0.4 is 5.32 Å². The second kappa shape index (κ2) is 6.02. The predicted octanol–water partition coefficient (Wildman–Crippen LogP) is 1.82. The van der Waals surface area contributed by atoms with E-state index in [0.717, 1.165) is 0 Å². The summed E-state index contributed by atoms with van der Waals surface area (Å²) in [5, 5.41) is 24.2. The van der Waals surface area contributed by atoms with E-state index < -0.39 is 4.92 Å². The average molecular weight is 310 g/mol. The number of nitrogens with one attached hydrogen (secondary N) is 1. The van der Waals surface area contributed by atoms with Crippen LogP contribution in [0.1, 0.15) is 10.4 Å². The van der Waals surface area contributed by atoms with Crippen LogP contribution in [0.25, 0.3) is 5.69 Å². The maximum atomic E-state index is 12.3. The first kappa shape index (κ1) is 14.3. The van der Waals surface area contributed by atoms with Crippen LogP contribution in [-0.2, 0) is 0 Å². The Morgan fingerprint density at radius 2 is 2.00 bits per heavy atom. The zero-order valence-electron chi connectivity index (χ0n) is 11.7. The van der Waals surface area contributed by atoms with E-state index in [1.54, 1.807) is 30.3 Å². The van der Waals surface area contributed by atoms with Crippen molar-refractivity contribution in [1.82, 2.24) is 20.2 Å². The lowest BCUT2D eigenvalue weighted by Gasteiger charge is -2.06. The van der Waals surface area contributed by atoms with Gasteiger partial charge in [-0.25, -0.2) is 4.68 Å². The molecule has 23 heavy (non-hydrogen) atoms. The fourth-order valence-corrected chi connectivity index (χ4v) is 1.97. The van der Waals surface area contributed by atoms with Gasteiger partial charge in [0, 0.05) is 23.4 Å². The van der Waals surface area contributed by atoms with Gasteiger partial charge in [-0.3, -0.25) is 14.9 Å². The third kappa shape index (κ3) is 3.18. The number of aromatic nitrogens is 4. The smallest absolute Gasteiger partial charge is 0.271 e. The normalized spacial score (nSPS) is 10.3. The van der Waals surface area contributed by atoms with Crippen LogP contribution in [0.4, 0.5) is 11.4 Å². The molecule has 1 heterocycles. The number of benzene rings is 2. The van der Waals surface area contributed by atoms with Gasteiger partial charge in [0.15, 0.2) is 0 Å². The van der Waals surface area contributed by atoms with Gasteiger partial charge in [-0.1, -0.05) is 12.1 Å². The molecule has 9 heteroatoms. The number of nitrogens with zero attached hydrogens (tertiary/aromatic N) is 5. The summed E-state index contributed by atoms with van der Waals surface area (Å²) in [5.41, 5.74) is 1.26. The Hall–Kier alpha value is -3.62. The number of carbonyl (C=O) groups excluding carboxylic acids is 1. The molecule has 0 spiro atoms. The number of anilines is 1. The first-order valence-electron chi connectivity index (χ1n) is 6.53. The van der Waals surface area contributed by atoms with Gasteiger partial charge in [0.1, 0.15) is 6.33 Å². The molecule has 114 valence electrons. The molecule has 0 aliphatic carbocycles. The van der Waals surface area contributed by atoms with Crippen molar-refractivity contribution in [1.29, 1.82) is 0 Å². The van der Waals surface area contributed by atoms with Crippen LogP contribution in [0.3, 0.4) is 0 Å². The summed E-state index contributed by atoms with van der Waals surface area (Å²) < 4.78 is 1.42. The number of non-ortho nitro benzene ring substituents is 1. The molecular formula is C14H10N6O3. The highest BCUT2D eigenvalue weighted by Crippen LogP contribution is 2.18. The van der Waals surface area contributed by atoms with Gasteiger partial charge in [-0.2, -0.15) is 0 Å². The molecular weight excluding hydrogens is 300 g/mol. The summed E-state index contributed by atoms with van der Waals surface area (Å²) in [7, 11) is 0. The fourth-order valence-electron chi connectivity index (χ4n) is 1.97. The molecule has 3 rings (SSSR count). The van der Waals surface area contributed by atoms with E-state index in [1.807, 2.05) is 0 Å². The summed E-state index contributed by atoms with van der Waals surface area (Å²) >= 11 is 0. The highest BCUT2D eigenvalue weighted by Gasteiger charge is 2.11. The molecule has 3 aromatic rings. The molecule has 2 aromatic carbocycles. The molecule has 0 aliphatic rings. The lowest BCUT2D eigenvalue weighted by molar-refractivity contribution is -0.384. The Kier molecular flexibility index (Phi) is 3.75. The third-order valence-electron chi connectivity index (χ3n) is 3.04. The minimum atomic E-state index is -0.520. The van der Waals surface area contributed by atoms with Crippen molar-refractivity contribution in [3.63, 3.8) is 0 Å². The second-order valence-corrected chi connectivity index (χ2v) is 4.57. The lowest BCUT2D eigenvalue weighted by atomic mass is 10.2. The summed E-state index contributed by atoms with van der Waals surface area (Å²) in [4.78, 5) is 22.5. The monoisotopic (exact) mass is 310 g/mol. The summed E-state index contributed by atoms with van der Waals surface area (Å²) in [6.07, 6.45) is 1.41. The Morgan fingerprint density at radius 3 is 2.74 bits per heavy atom. The van der Waals surface area contributed by atoms with E-state index in [2.05, 4.69) is 20.8 Å². The Morgan fingerprint density at radius 1 is 1.17 bits per heavy atom. The van der Waals surface area contributed by atoms with Crippen molar-refractivity contribution in [2.75, 3.05) is 5.32 Å². The number of nitro benzene ring substituents is 1. The van der Waals surface area contributed by atoms with Crippen LogP contribution in [0.2, 0.25) is 0 Å². The van der Waals surface area contributed by atoms with Crippen LogP contribution in [0.5, 0.6) is 0 Å². The molecule has 9 nitrogen and oxygen atoms in total. The molecule has 1 aromatic heterocycles. The fraction of sp³-hybridized carbons (Fsp3) is 0. The first-order valence-corrected chi connectivity index (χ1v) is 6.53. The van der Waals surface area contributed by atoms with Gasteiger partial charge in [0.2, 0.25) is 0 Å². The quantitative estimate of drug-likeness (QED) is 0.580. The lowest BCUT2D eigenvalue weighted by Crippen LogP contribution is -2.12. The molecule has 0 saturated heterocycles. The molecule has 0 aliphatic heterocycles. The molecule has 1 N–H and O–H groups in total. The Bertz CT molecular complexity index is 862. The molecule has 0 radical (unpaired) electrons. The van der Waals surface area contributed by atoms with Gasteiger partial charge >= 0.3 is 0 Å². The zero-order chi connectivity index (χ0) is 16.2. The molecule has 1 amide bonds. The van der Waals surface area contributed by atoms with E-state index in [-0.39, 0.29) is 11.6 Å². The average Bonchev–Trinajstić information content (AvgIpc) is 3.10. The van der Waals surface area contributed by atoms with Crippen molar-refractivity contribution >= 4 is 17.3 Å². The van der Waals surface area contributed by atoms with Gasteiger partial charge < -0.3 is 5.32 Å². The van der Waals surface area contributed by atoms with Gasteiger partial charge in [-0.15, -0.1) is 5.10 Å². The molecule has 0 saturated carbocycles. The summed E-state index contributed by atoms with van der Waals surface area (Å²) in [6, 6.07) is 12.4. The minimum Gasteiger partial charge on any atom is -0.322 e.